The number of hydrogen-bond donors (Lipinski definition) is 2. The molecule has 0 aliphatic carbocycles. The number of hydrogen-bond acceptors (Lipinski definition) is 4. The molecule has 1 unspecified atom stereocenters. The predicted molar refractivity (Wildman–Crippen MR) is 81.9 cm³/mol. The molecular formula is C15H19NO4S. The van der Waals surface area contributed by atoms with Crippen molar-refractivity contribution in [2.45, 2.75) is 25.3 Å². The molecule has 0 fully saturated rings. The van der Waals surface area contributed by atoms with E-state index in [9.17, 15) is 9.59 Å². The topological polar surface area (TPSA) is 75.6 Å². The van der Waals surface area contributed by atoms with Gasteiger partial charge in [-0.2, -0.15) is 11.8 Å². The Kier molecular flexibility index (Phi) is 5.50. The summed E-state index contributed by atoms with van der Waals surface area (Å²) in [6, 6.07) is 7.13. The van der Waals surface area contributed by atoms with Gasteiger partial charge in [-0.3, -0.25) is 4.79 Å². The van der Waals surface area contributed by atoms with Gasteiger partial charge in [-0.25, -0.2) is 4.79 Å². The summed E-state index contributed by atoms with van der Waals surface area (Å²) in [6.07, 6.45) is 0.932. The first-order valence-corrected chi connectivity index (χ1v) is 8.02. The lowest BCUT2D eigenvalue weighted by atomic mass is 9.95. The molecule has 1 aliphatic rings. The van der Waals surface area contributed by atoms with E-state index >= 15 is 0 Å². The number of carboxylic acid groups (broad SMARTS) is 1. The fourth-order valence-electron chi connectivity index (χ4n) is 2.34. The average molecular weight is 309 g/mol. The number of thioether (sulfide) groups is 1. The van der Waals surface area contributed by atoms with Crippen LogP contribution < -0.4 is 10.1 Å². The van der Waals surface area contributed by atoms with Crippen molar-refractivity contribution >= 4 is 23.6 Å². The Morgan fingerprint density at radius 1 is 1.48 bits per heavy atom. The molecule has 1 aliphatic heterocycles. The van der Waals surface area contributed by atoms with Crippen LogP contribution in [0.15, 0.2) is 24.3 Å². The maximum absolute atomic E-state index is 11.1. The summed E-state index contributed by atoms with van der Waals surface area (Å²) in [4.78, 5) is 22.1. The van der Waals surface area contributed by atoms with Crippen molar-refractivity contribution in [3.05, 3.63) is 29.8 Å². The first-order chi connectivity index (χ1) is 10.1. The quantitative estimate of drug-likeness (QED) is 0.839. The van der Waals surface area contributed by atoms with Gasteiger partial charge < -0.3 is 15.2 Å². The van der Waals surface area contributed by atoms with Crippen molar-refractivity contribution in [2.24, 2.45) is 0 Å². The van der Waals surface area contributed by atoms with Crippen molar-refractivity contribution in [3.63, 3.8) is 0 Å². The summed E-state index contributed by atoms with van der Waals surface area (Å²) >= 11 is 1.55. The van der Waals surface area contributed by atoms with E-state index in [1.165, 1.54) is 12.5 Å². The van der Waals surface area contributed by atoms with Gasteiger partial charge in [-0.15, -0.1) is 0 Å². The molecule has 0 aromatic heterocycles. The van der Waals surface area contributed by atoms with Crippen LogP contribution in [0.5, 0.6) is 5.75 Å². The molecule has 0 spiro atoms. The van der Waals surface area contributed by atoms with Gasteiger partial charge >= 0.3 is 5.97 Å². The third-order valence-corrected chi connectivity index (χ3v) is 4.57. The zero-order valence-corrected chi connectivity index (χ0v) is 12.7. The predicted octanol–water partition coefficient (Wildman–Crippen LogP) is 1.88. The molecule has 21 heavy (non-hydrogen) atoms. The lowest BCUT2D eigenvalue weighted by molar-refractivity contribution is -0.140. The minimum absolute atomic E-state index is 0.320. The second-order valence-electron chi connectivity index (χ2n) is 5.00. The smallest absolute Gasteiger partial charge is 0.327 e. The normalized spacial score (nSPS) is 18.2. The van der Waals surface area contributed by atoms with E-state index in [0.29, 0.717) is 18.3 Å². The van der Waals surface area contributed by atoms with Gasteiger partial charge in [-0.1, -0.05) is 18.2 Å². The number of benzene rings is 1. The third-order valence-electron chi connectivity index (χ3n) is 3.36. The highest BCUT2D eigenvalue weighted by Crippen LogP contribution is 2.35. The maximum Gasteiger partial charge on any atom is 0.327 e. The monoisotopic (exact) mass is 309 g/mol. The second-order valence-corrected chi connectivity index (χ2v) is 6.08. The molecule has 1 amide bonds. The molecule has 1 heterocycles. The average Bonchev–Trinajstić information content (AvgIpc) is 2.46. The van der Waals surface area contributed by atoms with E-state index in [1.807, 2.05) is 18.2 Å². The zero-order valence-electron chi connectivity index (χ0n) is 11.9. The largest absolute Gasteiger partial charge is 0.493 e. The molecule has 6 heteroatoms. The summed E-state index contributed by atoms with van der Waals surface area (Å²) in [5, 5.41) is 11.5. The highest BCUT2D eigenvalue weighted by atomic mass is 32.2. The zero-order chi connectivity index (χ0) is 15.2. The summed E-state index contributed by atoms with van der Waals surface area (Å²) < 4.78 is 5.61. The van der Waals surface area contributed by atoms with E-state index in [4.69, 9.17) is 9.84 Å². The first-order valence-electron chi connectivity index (χ1n) is 6.87. The van der Waals surface area contributed by atoms with Crippen molar-refractivity contribution in [2.75, 3.05) is 18.1 Å². The number of fused-ring (bicyclic) bond motifs is 1. The molecule has 0 bridgehead atoms. The van der Waals surface area contributed by atoms with Crippen LogP contribution in [0.25, 0.3) is 0 Å². The molecular weight excluding hydrogens is 290 g/mol. The standard InChI is InChI=1S/C15H19NO4S/c1-10(17)16-13(15(18)19)9-21-8-11-6-7-20-14-5-3-2-4-12(11)14/h2-5,11,13H,6-9H2,1H3,(H,16,17)(H,18,19)/t11?,13-/m0/s1. The molecule has 0 radical (unpaired) electrons. The highest BCUT2D eigenvalue weighted by Gasteiger charge is 2.23. The minimum atomic E-state index is -0.995. The van der Waals surface area contributed by atoms with E-state index in [2.05, 4.69) is 11.4 Å². The molecule has 1 aromatic rings. The van der Waals surface area contributed by atoms with E-state index in [-0.39, 0.29) is 5.91 Å². The number of rotatable bonds is 6. The second kappa shape index (κ2) is 7.36. The molecule has 2 atom stereocenters. The molecule has 114 valence electrons. The Labute approximate surface area is 128 Å². The summed E-state index contributed by atoms with van der Waals surface area (Å²) in [6.45, 7) is 2.02. The Bertz CT molecular complexity index is 520. The van der Waals surface area contributed by atoms with Crippen LogP contribution in [-0.2, 0) is 9.59 Å². The fraction of sp³-hybridized carbons (Fsp3) is 0.467. The molecule has 5 nitrogen and oxygen atoms in total. The van der Waals surface area contributed by atoms with Crippen LogP contribution in [0.4, 0.5) is 0 Å². The molecule has 0 saturated carbocycles. The Morgan fingerprint density at radius 2 is 2.24 bits per heavy atom. The van der Waals surface area contributed by atoms with Gasteiger partial charge in [0.1, 0.15) is 11.8 Å². The maximum atomic E-state index is 11.1. The number of aliphatic carboxylic acids is 1. The van der Waals surface area contributed by atoms with Gasteiger partial charge in [0.15, 0.2) is 0 Å². The van der Waals surface area contributed by atoms with Gasteiger partial charge in [0.05, 0.1) is 6.61 Å². The third kappa shape index (κ3) is 4.39. The van der Waals surface area contributed by atoms with E-state index in [1.54, 1.807) is 11.8 Å². The minimum Gasteiger partial charge on any atom is -0.493 e. The fourth-order valence-corrected chi connectivity index (χ4v) is 3.57. The Balaban J connectivity index is 1.89. The van der Waals surface area contributed by atoms with E-state index in [0.717, 1.165) is 17.9 Å². The number of carboxylic acids is 1. The van der Waals surface area contributed by atoms with Gasteiger partial charge in [0.2, 0.25) is 5.91 Å². The van der Waals surface area contributed by atoms with Crippen molar-refractivity contribution in [3.8, 4) is 5.75 Å². The first kappa shape index (κ1) is 15.7. The number of nitrogens with one attached hydrogen (secondary N) is 1. The van der Waals surface area contributed by atoms with Crippen molar-refractivity contribution in [1.82, 2.24) is 5.32 Å². The SMILES string of the molecule is CC(=O)N[C@@H](CSCC1CCOc2ccccc21)C(=O)O. The lowest BCUT2D eigenvalue weighted by Gasteiger charge is -2.26. The van der Waals surface area contributed by atoms with Crippen LogP contribution in [0.1, 0.15) is 24.8 Å². The highest BCUT2D eigenvalue weighted by molar-refractivity contribution is 7.99. The molecule has 2 N–H and O–H groups in total. The summed E-state index contributed by atoms with van der Waals surface area (Å²) in [7, 11) is 0. The summed E-state index contributed by atoms with van der Waals surface area (Å²) in [5.74, 6) is 1.17. The number of para-hydroxylation sites is 1. The number of carbonyl (C=O) groups excluding carboxylic acids is 1. The van der Waals surface area contributed by atoms with Crippen LogP contribution in [0.3, 0.4) is 0 Å². The Morgan fingerprint density at radius 3 is 2.95 bits per heavy atom. The Hall–Kier alpha value is -1.69. The molecule has 2 rings (SSSR count). The number of ether oxygens (including phenoxy) is 1. The van der Waals surface area contributed by atoms with Gasteiger partial charge in [0.25, 0.3) is 0 Å². The number of carbonyl (C=O) groups is 2. The summed E-state index contributed by atoms with van der Waals surface area (Å²) in [5.41, 5.74) is 1.18. The van der Waals surface area contributed by atoms with Crippen LogP contribution in [-0.4, -0.2) is 41.1 Å². The van der Waals surface area contributed by atoms with Crippen LogP contribution in [0, 0.1) is 0 Å². The number of amides is 1. The molecule has 1 aromatic carbocycles. The van der Waals surface area contributed by atoms with Crippen LogP contribution >= 0.6 is 11.8 Å². The van der Waals surface area contributed by atoms with Crippen molar-refractivity contribution in [1.29, 1.82) is 0 Å². The van der Waals surface area contributed by atoms with Gasteiger partial charge in [0, 0.05) is 18.4 Å². The van der Waals surface area contributed by atoms with Crippen molar-refractivity contribution < 1.29 is 19.4 Å². The molecule has 0 saturated heterocycles. The van der Waals surface area contributed by atoms with Crippen LogP contribution in [0.2, 0.25) is 0 Å². The van der Waals surface area contributed by atoms with E-state index < -0.39 is 12.0 Å². The lowest BCUT2D eigenvalue weighted by Crippen LogP contribution is -2.41. The van der Waals surface area contributed by atoms with Gasteiger partial charge in [-0.05, 0) is 24.0 Å².